The Morgan fingerprint density at radius 1 is 1.11 bits per heavy atom. The number of benzene rings is 3. The molecule has 8 nitrogen and oxygen atoms in total. The van der Waals surface area contributed by atoms with E-state index in [0.717, 1.165) is 17.9 Å². The molecule has 0 spiro atoms. The number of hydrogen-bond acceptors (Lipinski definition) is 5. The Balaban J connectivity index is 1.22. The molecule has 0 aliphatic carbocycles. The van der Waals surface area contributed by atoms with Gasteiger partial charge in [0.15, 0.2) is 11.0 Å². The highest BCUT2D eigenvalue weighted by Gasteiger charge is 2.31. The first kappa shape index (κ1) is 33.0. The third kappa shape index (κ3) is 7.87. The molecule has 4 aromatic rings. The van der Waals surface area contributed by atoms with Crippen molar-refractivity contribution in [2.24, 2.45) is 4.99 Å². The summed E-state index contributed by atoms with van der Waals surface area (Å²) in [6.07, 6.45) is -3.88. The van der Waals surface area contributed by atoms with Crippen LogP contribution in [0, 0.1) is 6.92 Å². The third-order valence-electron chi connectivity index (χ3n) is 7.54. The topological polar surface area (TPSA) is 84.6 Å². The van der Waals surface area contributed by atoms with Gasteiger partial charge >= 0.3 is 12.4 Å². The summed E-state index contributed by atoms with van der Waals surface area (Å²) in [7, 11) is 0. The highest BCUT2D eigenvalue weighted by molar-refractivity contribution is 8.14. The lowest BCUT2D eigenvalue weighted by atomic mass is 9.95. The zero-order valence-corrected chi connectivity index (χ0v) is 26.6. The number of nitrogens with zero attached hydrogens (tertiary/aromatic N) is 5. The molecule has 2 amide bonds. The number of rotatable bonds is 8. The maximum atomic E-state index is 15.2. The number of aryl methyl sites for hydroxylation is 1. The van der Waals surface area contributed by atoms with Gasteiger partial charge in [0.05, 0.1) is 12.2 Å². The first-order chi connectivity index (χ1) is 21.9. The van der Waals surface area contributed by atoms with E-state index >= 15 is 4.39 Å². The monoisotopic (exact) mass is 654 g/mol. The Morgan fingerprint density at radius 2 is 1.83 bits per heavy atom. The van der Waals surface area contributed by atoms with Crippen LogP contribution in [-0.2, 0) is 0 Å². The second-order valence-electron chi connectivity index (χ2n) is 11.2. The Labute approximate surface area is 268 Å². The fourth-order valence-corrected chi connectivity index (χ4v) is 6.55. The van der Waals surface area contributed by atoms with E-state index in [-0.39, 0.29) is 24.3 Å². The number of carbonyl (C=O) groups is 1. The summed E-state index contributed by atoms with van der Waals surface area (Å²) in [6.45, 7) is 8.25. The van der Waals surface area contributed by atoms with Gasteiger partial charge in [0, 0.05) is 23.0 Å². The molecule has 1 aliphatic heterocycles. The maximum Gasteiger partial charge on any atom is 0.573 e. The highest BCUT2D eigenvalue weighted by Crippen LogP contribution is 2.36. The number of carbonyl (C=O) groups excluding carboxylic acids is 1. The number of aromatic nitrogens is 3. The molecule has 242 valence electrons. The number of halogens is 4. The number of thioether (sulfide) groups is 1. The van der Waals surface area contributed by atoms with E-state index in [9.17, 15) is 18.0 Å². The first-order valence-corrected chi connectivity index (χ1v) is 15.8. The van der Waals surface area contributed by atoms with Gasteiger partial charge in [0.25, 0.3) is 0 Å². The summed E-state index contributed by atoms with van der Waals surface area (Å²) in [5.41, 5.74) is 4.90. The summed E-state index contributed by atoms with van der Waals surface area (Å²) in [4.78, 5) is 23.6. The number of urea groups is 1. The predicted molar refractivity (Wildman–Crippen MR) is 172 cm³/mol. The minimum Gasteiger partial charge on any atom is -0.406 e. The van der Waals surface area contributed by atoms with Gasteiger partial charge in [-0.3, -0.25) is 0 Å². The van der Waals surface area contributed by atoms with Crippen molar-refractivity contribution in [2.45, 2.75) is 58.6 Å². The largest absolute Gasteiger partial charge is 0.573 e. The summed E-state index contributed by atoms with van der Waals surface area (Å²) >= 11 is 1.52. The Kier molecular flexibility index (Phi) is 10.00. The van der Waals surface area contributed by atoms with Crippen LogP contribution < -0.4 is 15.0 Å². The van der Waals surface area contributed by atoms with Crippen molar-refractivity contribution >= 4 is 28.6 Å². The minimum atomic E-state index is -4.78. The lowest BCUT2D eigenvalue weighted by molar-refractivity contribution is -0.274. The predicted octanol–water partition coefficient (Wildman–Crippen LogP) is 8.37. The highest BCUT2D eigenvalue weighted by atomic mass is 32.2. The number of alkyl halides is 4. The average Bonchev–Trinajstić information content (AvgIpc) is 3.50. The van der Waals surface area contributed by atoms with E-state index < -0.39 is 18.6 Å². The van der Waals surface area contributed by atoms with Crippen LogP contribution in [0.25, 0.3) is 17.1 Å². The fraction of sp³-hybridized carbons (Fsp3) is 0.333. The van der Waals surface area contributed by atoms with Gasteiger partial charge in [0.1, 0.15) is 18.2 Å². The Hall–Kier alpha value is -4.39. The summed E-state index contributed by atoms with van der Waals surface area (Å²) in [5.74, 6) is 1.13. The molecule has 46 heavy (non-hydrogen) atoms. The smallest absolute Gasteiger partial charge is 0.406 e. The molecule has 1 fully saturated rings. The van der Waals surface area contributed by atoms with Crippen LogP contribution >= 0.6 is 11.8 Å². The van der Waals surface area contributed by atoms with Crippen LogP contribution in [0.1, 0.15) is 56.0 Å². The second-order valence-corrected chi connectivity index (χ2v) is 12.3. The molecule has 13 heteroatoms. The van der Waals surface area contributed by atoms with Gasteiger partial charge in [-0.05, 0) is 73.2 Å². The number of amides is 2. The molecule has 0 bridgehead atoms. The van der Waals surface area contributed by atoms with Gasteiger partial charge < -0.3 is 15.0 Å². The SMILES string of the molecule is Cc1cccc(N2C(=NC(=O)NCC(F)c3ccc(-c4ncn(-c5ccc(OC(F)(F)F)cc5)n4)cc3)SCCC2C)c1C(C)C. The number of anilines is 1. The van der Waals surface area contributed by atoms with E-state index in [4.69, 9.17) is 0 Å². The molecule has 2 atom stereocenters. The molecule has 0 saturated carbocycles. The molecule has 2 unspecified atom stereocenters. The molecule has 1 aromatic heterocycles. The number of amidine groups is 1. The number of ether oxygens (including phenoxy) is 1. The van der Waals surface area contributed by atoms with Crippen LogP contribution in [0.3, 0.4) is 0 Å². The zero-order valence-electron chi connectivity index (χ0n) is 25.8. The van der Waals surface area contributed by atoms with Gasteiger partial charge in [0.2, 0.25) is 0 Å². The fourth-order valence-electron chi connectivity index (χ4n) is 5.34. The third-order valence-corrected chi connectivity index (χ3v) is 8.52. The average molecular weight is 655 g/mol. The van der Waals surface area contributed by atoms with Gasteiger partial charge in [-0.2, -0.15) is 4.99 Å². The summed E-state index contributed by atoms with van der Waals surface area (Å²) in [6, 6.07) is 17.4. The van der Waals surface area contributed by atoms with Gasteiger partial charge in [-0.1, -0.05) is 62.0 Å². The molecule has 1 saturated heterocycles. The molecule has 3 aromatic carbocycles. The minimum absolute atomic E-state index is 0.152. The van der Waals surface area contributed by atoms with Crippen molar-refractivity contribution in [1.29, 1.82) is 0 Å². The molecule has 5 rings (SSSR count). The van der Waals surface area contributed by atoms with E-state index in [1.54, 1.807) is 24.3 Å². The number of nitrogens with one attached hydrogen (secondary N) is 1. The quantitative estimate of drug-likeness (QED) is 0.192. The molecule has 0 radical (unpaired) electrons. The van der Waals surface area contributed by atoms with Crippen LogP contribution in [0.15, 0.2) is 78.0 Å². The molecule has 2 heterocycles. The Morgan fingerprint density at radius 3 is 2.50 bits per heavy atom. The van der Waals surface area contributed by atoms with E-state index in [1.807, 2.05) is 6.07 Å². The number of hydrogen-bond donors (Lipinski definition) is 1. The van der Waals surface area contributed by atoms with Crippen molar-refractivity contribution in [3.63, 3.8) is 0 Å². The van der Waals surface area contributed by atoms with Crippen LogP contribution in [0.2, 0.25) is 0 Å². The van der Waals surface area contributed by atoms with Crippen molar-refractivity contribution in [1.82, 2.24) is 20.1 Å². The Bertz CT molecular complexity index is 1690. The van der Waals surface area contributed by atoms with Crippen LogP contribution in [0.5, 0.6) is 5.75 Å². The second kappa shape index (κ2) is 13.9. The normalized spacial score (nSPS) is 16.9. The zero-order chi connectivity index (χ0) is 33.0. The maximum absolute atomic E-state index is 15.2. The van der Waals surface area contributed by atoms with Crippen molar-refractivity contribution in [2.75, 3.05) is 17.2 Å². The summed E-state index contributed by atoms with van der Waals surface area (Å²) in [5, 5.41) is 7.57. The summed E-state index contributed by atoms with van der Waals surface area (Å²) < 4.78 is 57.7. The van der Waals surface area contributed by atoms with Crippen molar-refractivity contribution in [3.8, 4) is 22.8 Å². The number of aliphatic imine (C=N–C) groups is 1. The standard InChI is InChI=1S/C33H34F4N6O2S/c1-20(2)29-21(3)6-5-7-28(29)43-22(4)16-17-46-32(43)40-31(44)38-18-27(34)23-8-10-24(11-9-23)30-39-19-42(41-30)25-12-14-26(15-13-25)45-33(35,36)37/h5-15,19-20,22,27H,16-18H2,1-4H3,(H,38,44). The molecule has 1 aliphatic rings. The van der Waals surface area contributed by atoms with Crippen molar-refractivity contribution < 1.29 is 27.1 Å². The van der Waals surface area contributed by atoms with E-state index in [0.29, 0.717) is 27.8 Å². The van der Waals surface area contributed by atoms with Crippen molar-refractivity contribution in [3.05, 3.63) is 89.7 Å². The van der Waals surface area contributed by atoms with Gasteiger partial charge in [-0.25, -0.2) is 18.9 Å². The molecular formula is C33H34F4N6O2S. The molecular weight excluding hydrogens is 620 g/mol. The first-order valence-electron chi connectivity index (χ1n) is 14.8. The molecule has 1 N–H and O–H groups in total. The van der Waals surface area contributed by atoms with Crippen LogP contribution in [-0.4, -0.2) is 50.7 Å². The lowest BCUT2D eigenvalue weighted by Crippen LogP contribution is -2.43. The van der Waals surface area contributed by atoms with E-state index in [2.05, 4.69) is 69.9 Å². The van der Waals surface area contributed by atoms with Gasteiger partial charge in [-0.15, -0.1) is 18.3 Å². The van der Waals surface area contributed by atoms with Crippen LogP contribution in [0.4, 0.5) is 28.0 Å². The lowest BCUT2D eigenvalue weighted by Gasteiger charge is -2.37. The van der Waals surface area contributed by atoms with E-state index in [1.165, 1.54) is 58.2 Å².